The molecule has 0 radical (unpaired) electrons. The van der Waals surface area contributed by atoms with Gasteiger partial charge < -0.3 is 0 Å². The van der Waals surface area contributed by atoms with Crippen LogP contribution in [0.2, 0.25) is 0 Å². The van der Waals surface area contributed by atoms with Crippen LogP contribution in [0.25, 0.3) is 0 Å². The van der Waals surface area contributed by atoms with E-state index in [1.54, 1.807) is 12.1 Å². The molecule has 0 aromatic heterocycles. The molecule has 0 unspecified atom stereocenters. The molecular formula is C10H13ClO2S. The van der Waals surface area contributed by atoms with Crippen molar-refractivity contribution in [1.29, 1.82) is 0 Å². The highest BCUT2D eigenvalue weighted by Crippen LogP contribution is 2.12. The number of halogens is 1. The van der Waals surface area contributed by atoms with Gasteiger partial charge >= 0.3 is 0 Å². The fraction of sp³-hybridized carbons (Fsp3) is 0.400. The van der Waals surface area contributed by atoms with Crippen LogP contribution in [-0.2, 0) is 16.3 Å². The lowest BCUT2D eigenvalue weighted by atomic mass is 10.2. The molecule has 0 bridgehead atoms. The maximum atomic E-state index is 11.5. The molecule has 0 heterocycles. The summed E-state index contributed by atoms with van der Waals surface area (Å²) in [5.41, 5.74) is 1.13. The van der Waals surface area contributed by atoms with Crippen molar-refractivity contribution >= 4 is 21.4 Å². The first-order valence-corrected chi connectivity index (χ1v) is 6.66. The zero-order valence-corrected chi connectivity index (χ0v) is 9.61. The molecule has 2 nitrogen and oxygen atoms in total. The van der Waals surface area contributed by atoms with Gasteiger partial charge in [0, 0.05) is 5.88 Å². The van der Waals surface area contributed by atoms with Gasteiger partial charge in [-0.1, -0.05) is 19.1 Å². The summed E-state index contributed by atoms with van der Waals surface area (Å²) in [5, 5.41) is 0. The summed E-state index contributed by atoms with van der Waals surface area (Å²) in [7, 11) is -3.17. The van der Waals surface area contributed by atoms with Gasteiger partial charge in [0.15, 0.2) is 9.84 Å². The van der Waals surface area contributed by atoms with Gasteiger partial charge in [-0.3, -0.25) is 0 Å². The van der Waals surface area contributed by atoms with Gasteiger partial charge in [0.25, 0.3) is 0 Å². The van der Waals surface area contributed by atoms with Crippen LogP contribution in [0.3, 0.4) is 0 Å². The van der Waals surface area contributed by atoms with Crippen LogP contribution < -0.4 is 0 Å². The summed E-state index contributed by atoms with van der Waals surface area (Å²) in [6, 6.07) is 6.95. The van der Waals surface area contributed by atoms with Crippen LogP contribution in [0.1, 0.15) is 12.5 Å². The molecule has 1 aromatic carbocycles. The third-order valence-electron chi connectivity index (χ3n) is 2.04. The number of sulfone groups is 1. The number of alkyl halides is 1. The average Bonchev–Trinajstić information content (AvgIpc) is 2.18. The van der Waals surface area contributed by atoms with Crippen molar-refractivity contribution in [3.05, 3.63) is 29.8 Å². The first kappa shape index (κ1) is 11.5. The van der Waals surface area contributed by atoms with Crippen molar-refractivity contribution in [2.75, 3.05) is 11.6 Å². The molecule has 0 N–H and O–H groups in total. The van der Waals surface area contributed by atoms with Gasteiger partial charge in [-0.2, -0.15) is 0 Å². The zero-order valence-electron chi connectivity index (χ0n) is 8.03. The van der Waals surface area contributed by atoms with Crippen LogP contribution in [0.4, 0.5) is 0 Å². The predicted molar refractivity (Wildman–Crippen MR) is 58.6 cm³/mol. The summed E-state index contributed by atoms with van der Waals surface area (Å²) in [6.45, 7) is 2.03. The maximum absolute atomic E-state index is 11.5. The summed E-state index contributed by atoms with van der Waals surface area (Å²) in [6.07, 6.45) is 0.913. The van der Waals surface area contributed by atoms with E-state index in [1.807, 2.05) is 19.1 Å². The van der Waals surface area contributed by atoms with Crippen molar-refractivity contribution in [3.63, 3.8) is 0 Å². The lowest BCUT2D eigenvalue weighted by molar-refractivity contribution is 0.597. The molecule has 0 spiro atoms. The average molecular weight is 233 g/mol. The van der Waals surface area contributed by atoms with E-state index in [4.69, 9.17) is 11.6 Å². The van der Waals surface area contributed by atoms with E-state index in [2.05, 4.69) is 0 Å². The first-order chi connectivity index (χ1) is 6.60. The molecule has 78 valence electrons. The Labute approximate surface area is 89.8 Å². The van der Waals surface area contributed by atoms with Crippen molar-refractivity contribution in [2.45, 2.75) is 18.2 Å². The highest BCUT2D eigenvalue weighted by molar-refractivity contribution is 7.91. The Balaban J connectivity index is 2.97. The lowest BCUT2D eigenvalue weighted by Gasteiger charge is -2.02. The van der Waals surface area contributed by atoms with Crippen LogP contribution in [0, 0.1) is 0 Å². The van der Waals surface area contributed by atoms with E-state index in [0.29, 0.717) is 4.90 Å². The van der Waals surface area contributed by atoms with Crippen LogP contribution >= 0.6 is 11.6 Å². The smallest absolute Gasteiger partial charge is 0.179 e. The molecular weight excluding hydrogens is 220 g/mol. The van der Waals surface area contributed by atoms with E-state index in [9.17, 15) is 8.42 Å². The molecule has 1 rings (SSSR count). The number of hydrogen-bond acceptors (Lipinski definition) is 2. The normalized spacial score (nSPS) is 11.6. The SMILES string of the molecule is CCc1ccc(S(=O)(=O)CCCl)cc1. The topological polar surface area (TPSA) is 34.1 Å². The number of hydrogen-bond donors (Lipinski definition) is 0. The zero-order chi connectivity index (χ0) is 10.6. The van der Waals surface area contributed by atoms with Crippen molar-refractivity contribution in [3.8, 4) is 0 Å². The Morgan fingerprint density at radius 3 is 2.21 bits per heavy atom. The minimum absolute atomic E-state index is 0.0000270. The Bertz CT molecular complexity index is 381. The first-order valence-electron chi connectivity index (χ1n) is 4.48. The molecule has 4 heteroatoms. The van der Waals surface area contributed by atoms with Crippen LogP contribution in [0.15, 0.2) is 29.2 Å². The van der Waals surface area contributed by atoms with Gasteiger partial charge in [-0.05, 0) is 24.1 Å². The molecule has 14 heavy (non-hydrogen) atoms. The number of aryl methyl sites for hydroxylation is 1. The maximum Gasteiger partial charge on any atom is 0.179 e. The van der Waals surface area contributed by atoms with Gasteiger partial charge in [-0.25, -0.2) is 8.42 Å². The summed E-state index contributed by atoms with van der Waals surface area (Å²) in [4.78, 5) is 0.357. The second-order valence-electron chi connectivity index (χ2n) is 3.01. The summed E-state index contributed by atoms with van der Waals surface area (Å²) < 4.78 is 23.1. The largest absolute Gasteiger partial charge is 0.224 e. The standard InChI is InChI=1S/C10H13ClO2S/c1-2-9-3-5-10(6-4-9)14(12,13)8-7-11/h3-6H,2,7-8H2,1H3. The van der Waals surface area contributed by atoms with Crippen molar-refractivity contribution in [2.24, 2.45) is 0 Å². The molecule has 0 fully saturated rings. The molecule has 0 amide bonds. The minimum Gasteiger partial charge on any atom is -0.224 e. The highest BCUT2D eigenvalue weighted by atomic mass is 35.5. The summed E-state index contributed by atoms with van der Waals surface area (Å²) in [5.74, 6) is 0.137. The Morgan fingerprint density at radius 1 is 1.21 bits per heavy atom. The molecule has 0 saturated heterocycles. The third-order valence-corrected chi connectivity index (χ3v) is 4.18. The lowest BCUT2D eigenvalue weighted by Crippen LogP contribution is -2.07. The van der Waals surface area contributed by atoms with E-state index in [1.165, 1.54) is 0 Å². The molecule has 1 aromatic rings. The molecule has 0 aliphatic heterocycles. The minimum atomic E-state index is -3.17. The third kappa shape index (κ3) is 2.72. The Morgan fingerprint density at radius 2 is 1.79 bits per heavy atom. The van der Waals surface area contributed by atoms with E-state index < -0.39 is 9.84 Å². The molecule has 0 atom stereocenters. The number of benzene rings is 1. The van der Waals surface area contributed by atoms with Gasteiger partial charge in [0.1, 0.15) is 0 Å². The monoisotopic (exact) mass is 232 g/mol. The molecule has 0 aliphatic rings. The van der Waals surface area contributed by atoms with E-state index in [-0.39, 0.29) is 11.6 Å². The van der Waals surface area contributed by atoms with E-state index in [0.717, 1.165) is 12.0 Å². The summed E-state index contributed by atoms with van der Waals surface area (Å²) >= 11 is 5.42. The second-order valence-corrected chi connectivity index (χ2v) is 5.49. The predicted octanol–water partition coefficient (Wildman–Crippen LogP) is 2.26. The van der Waals surface area contributed by atoms with Crippen molar-refractivity contribution in [1.82, 2.24) is 0 Å². The van der Waals surface area contributed by atoms with Crippen LogP contribution in [-0.4, -0.2) is 20.1 Å². The molecule has 0 aliphatic carbocycles. The van der Waals surface area contributed by atoms with E-state index >= 15 is 0 Å². The Hall–Kier alpha value is -0.540. The van der Waals surface area contributed by atoms with Gasteiger partial charge in [0.05, 0.1) is 10.6 Å². The fourth-order valence-corrected chi connectivity index (χ4v) is 2.75. The number of rotatable bonds is 4. The second kappa shape index (κ2) is 4.80. The van der Waals surface area contributed by atoms with Crippen LogP contribution in [0.5, 0.6) is 0 Å². The Kier molecular flexibility index (Phi) is 3.96. The van der Waals surface area contributed by atoms with Crippen molar-refractivity contribution < 1.29 is 8.42 Å². The quantitative estimate of drug-likeness (QED) is 0.747. The molecule has 0 saturated carbocycles. The van der Waals surface area contributed by atoms with Gasteiger partial charge in [-0.15, -0.1) is 11.6 Å². The highest BCUT2D eigenvalue weighted by Gasteiger charge is 2.12. The fourth-order valence-electron chi connectivity index (χ4n) is 1.15. The van der Waals surface area contributed by atoms with Gasteiger partial charge in [0.2, 0.25) is 0 Å².